The quantitative estimate of drug-likeness (QED) is 0.863. The third-order valence-corrected chi connectivity index (χ3v) is 2.79. The third-order valence-electron chi connectivity index (χ3n) is 2.54. The summed E-state index contributed by atoms with van der Waals surface area (Å²) in [4.78, 5) is 23.8. The number of hydrogen-bond donors (Lipinski definition) is 1. The van der Waals surface area contributed by atoms with Crippen molar-refractivity contribution in [1.82, 2.24) is 4.90 Å². The van der Waals surface area contributed by atoms with Crippen LogP contribution in [0, 0.1) is 0 Å². The van der Waals surface area contributed by atoms with Crippen molar-refractivity contribution in [1.29, 1.82) is 0 Å². The summed E-state index contributed by atoms with van der Waals surface area (Å²) in [5.41, 5.74) is 0.937. The van der Waals surface area contributed by atoms with Gasteiger partial charge in [-0.25, -0.2) is 0 Å². The fourth-order valence-corrected chi connectivity index (χ4v) is 1.68. The number of aliphatic carboxylic acids is 1. The van der Waals surface area contributed by atoms with Gasteiger partial charge in [-0.2, -0.15) is 0 Å². The van der Waals surface area contributed by atoms with E-state index in [-0.39, 0.29) is 18.9 Å². The highest BCUT2D eigenvalue weighted by molar-refractivity contribution is 6.30. The predicted molar refractivity (Wildman–Crippen MR) is 69.4 cm³/mol. The number of carboxylic acid groups (broad SMARTS) is 1. The van der Waals surface area contributed by atoms with Crippen LogP contribution in [-0.4, -0.2) is 28.4 Å². The molecule has 0 unspecified atom stereocenters. The molecule has 1 aromatic carbocycles. The number of nitrogens with zero attached hydrogens (tertiary/aromatic N) is 1. The van der Waals surface area contributed by atoms with Crippen molar-refractivity contribution < 1.29 is 14.7 Å². The van der Waals surface area contributed by atoms with Crippen molar-refractivity contribution in [3.63, 3.8) is 0 Å². The Balaban J connectivity index is 2.68. The number of rotatable bonds is 6. The van der Waals surface area contributed by atoms with Gasteiger partial charge < -0.3 is 10.0 Å². The molecule has 0 atom stereocenters. The summed E-state index contributed by atoms with van der Waals surface area (Å²) < 4.78 is 0. The summed E-state index contributed by atoms with van der Waals surface area (Å²) in [6, 6.07) is 7.17. The molecule has 0 saturated heterocycles. The number of carbonyl (C=O) groups is 2. The van der Waals surface area contributed by atoms with Crippen molar-refractivity contribution >= 4 is 23.5 Å². The minimum atomic E-state index is -0.903. The van der Waals surface area contributed by atoms with Crippen LogP contribution >= 0.6 is 11.6 Å². The molecular formula is C13H16ClNO3. The average molecular weight is 270 g/mol. The zero-order valence-electron chi connectivity index (χ0n) is 10.2. The molecule has 1 amide bonds. The molecule has 0 heterocycles. The second-order valence-corrected chi connectivity index (χ2v) is 4.38. The first-order valence-corrected chi connectivity index (χ1v) is 6.14. The van der Waals surface area contributed by atoms with Gasteiger partial charge >= 0.3 is 5.97 Å². The molecule has 0 fully saturated rings. The van der Waals surface area contributed by atoms with E-state index in [1.54, 1.807) is 24.0 Å². The van der Waals surface area contributed by atoms with E-state index in [0.29, 0.717) is 18.0 Å². The molecule has 1 aromatic rings. The topological polar surface area (TPSA) is 57.6 Å². The molecule has 0 aliphatic rings. The second-order valence-electron chi connectivity index (χ2n) is 3.94. The van der Waals surface area contributed by atoms with E-state index >= 15 is 0 Å². The summed E-state index contributed by atoms with van der Waals surface area (Å²) in [6.07, 6.45) is 0.326. The Morgan fingerprint density at radius 2 is 1.89 bits per heavy atom. The summed E-state index contributed by atoms with van der Waals surface area (Å²) in [5, 5.41) is 9.30. The lowest BCUT2D eigenvalue weighted by Crippen LogP contribution is -2.31. The molecule has 0 aliphatic heterocycles. The lowest BCUT2D eigenvalue weighted by Gasteiger charge is -2.21. The Kier molecular flexibility index (Phi) is 5.65. The van der Waals surface area contributed by atoms with Gasteiger partial charge in [0, 0.05) is 24.5 Å². The average Bonchev–Trinajstić information content (AvgIpc) is 2.35. The molecule has 1 rings (SSSR count). The Hall–Kier alpha value is -1.55. The maximum atomic E-state index is 11.7. The minimum Gasteiger partial charge on any atom is -0.481 e. The van der Waals surface area contributed by atoms with E-state index in [0.717, 1.165) is 5.56 Å². The standard InChI is InChI=1S/C13H16ClNO3/c1-2-12(16)15(8-7-13(17)18)9-10-3-5-11(14)6-4-10/h3-6H,2,7-9H2,1H3,(H,17,18). The first kappa shape index (κ1) is 14.5. The molecule has 18 heavy (non-hydrogen) atoms. The van der Waals surface area contributed by atoms with Gasteiger partial charge in [0.05, 0.1) is 6.42 Å². The highest BCUT2D eigenvalue weighted by atomic mass is 35.5. The van der Waals surface area contributed by atoms with E-state index in [2.05, 4.69) is 0 Å². The Morgan fingerprint density at radius 1 is 1.28 bits per heavy atom. The minimum absolute atomic E-state index is 0.0423. The molecule has 0 aromatic heterocycles. The molecule has 0 bridgehead atoms. The highest BCUT2D eigenvalue weighted by Gasteiger charge is 2.13. The summed E-state index contributed by atoms with van der Waals surface area (Å²) >= 11 is 5.78. The lowest BCUT2D eigenvalue weighted by atomic mass is 10.2. The Labute approximate surface area is 111 Å². The normalized spacial score (nSPS) is 10.1. The van der Waals surface area contributed by atoms with Crippen LogP contribution in [0.25, 0.3) is 0 Å². The number of amides is 1. The fraction of sp³-hybridized carbons (Fsp3) is 0.385. The van der Waals surface area contributed by atoms with E-state index in [1.807, 2.05) is 12.1 Å². The van der Waals surface area contributed by atoms with Crippen molar-refractivity contribution in [2.24, 2.45) is 0 Å². The second kappa shape index (κ2) is 7.01. The maximum absolute atomic E-state index is 11.7. The zero-order valence-corrected chi connectivity index (χ0v) is 11.0. The summed E-state index contributed by atoms with van der Waals surface area (Å²) in [5.74, 6) is -0.953. The Bertz CT molecular complexity index is 417. The van der Waals surface area contributed by atoms with Gasteiger partial charge in [0.15, 0.2) is 0 Å². The smallest absolute Gasteiger partial charge is 0.305 e. The van der Waals surface area contributed by atoms with Crippen LogP contribution in [0.5, 0.6) is 0 Å². The van der Waals surface area contributed by atoms with Gasteiger partial charge in [-0.3, -0.25) is 9.59 Å². The molecule has 0 radical (unpaired) electrons. The Morgan fingerprint density at radius 3 is 2.39 bits per heavy atom. The molecule has 0 saturated carbocycles. The third kappa shape index (κ3) is 4.75. The van der Waals surface area contributed by atoms with Crippen LogP contribution in [0.1, 0.15) is 25.3 Å². The largest absolute Gasteiger partial charge is 0.481 e. The van der Waals surface area contributed by atoms with Crippen LogP contribution < -0.4 is 0 Å². The van der Waals surface area contributed by atoms with Gasteiger partial charge in [-0.05, 0) is 17.7 Å². The van der Waals surface area contributed by atoms with E-state index < -0.39 is 5.97 Å². The molecule has 1 N–H and O–H groups in total. The van der Waals surface area contributed by atoms with Crippen LogP contribution in [0.15, 0.2) is 24.3 Å². The van der Waals surface area contributed by atoms with Crippen LogP contribution in [0.3, 0.4) is 0 Å². The van der Waals surface area contributed by atoms with Crippen LogP contribution in [0.2, 0.25) is 5.02 Å². The van der Waals surface area contributed by atoms with Crippen molar-refractivity contribution in [3.8, 4) is 0 Å². The van der Waals surface area contributed by atoms with Gasteiger partial charge in [0.2, 0.25) is 5.91 Å². The van der Waals surface area contributed by atoms with Crippen molar-refractivity contribution in [3.05, 3.63) is 34.9 Å². The first-order valence-electron chi connectivity index (χ1n) is 5.77. The lowest BCUT2D eigenvalue weighted by molar-refractivity contribution is -0.138. The van der Waals surface area contributed by atoms with E-state index in [1.165, 1.54) is 0 Å². The molecule has 4 nitrogen and oxygen atoms in total. The maximum Gasteiger partial charge on any atom is 0.305 e. The van der Waals surface area contributed by atoms with E-state index in [9.17, 15) is 9.59 Å². The monoisotopic (exact) mass is 269 g/mol. The summed E-state index contributed by atoms with van der Waals surface area (Å²) in [6.45, 7) is 2.40. The van der Waals surface area contributed by atoms with Crippen molar-refractivity contribution in [2.45, 2.75) is 26.3 Å². The summed E-state index contributed by atoms with van der Waals surface area (Å²) in [7, 11) is 0. The highest BCUT2D eigenvalue weighted by Crippen LogP contribution is 2.12. The van der Waals surface area contributed by atoms with Crippen LogP contribution in [-0.2, 0) is 16.1 Å². The number of benzene rings is 1. The number of carbonyl (C=O) groups excluding carboxylic acids is 1. The van der Waals surface area contributed by atoms with Crippen LogP contribution in [0.4, 0.5) is 0 Å². The molecule has 98 valence electrons. The predicted octanol–water partition coefficient (Wildman–Crippen LogP) is 2.55. The number of halogens is 1. The molecule has 0 spiro atoms. The fourth-order valence-electron chi connectivity index (χ4n) is 1.56. The zero-order chi connectivity index (χ0) is 13.5. The van der Waals surface area contributed by atoms with Gasteiger partial charge in [-0.15, -0.1) is 0 Å². The first-order chi connectivity index (χ1) is 8.52. The molecule has 0 aliphatic carbocycles. The number of hydrogen-bond acceptors (Lipinski definition) is 2. The van der Waals surface area contributed by atoms with Gasteiger partial charge in [0.25, 0.3) is 0 Å². The van der Waals surface area contributed by atoms with E-state index in [4.69, 9.17) is 16.7 Å². The van der Waals surface area contributed by atoms with Crippen molar-refractivity contribution in [2.75, 3.05) is 6.54 Å². The SMILES string of the molecule is CCC(=O)N(CCC(=O)O)Cc1ccc(Cl)cc1. The van der Waals surface area contributed by atoms with Gasteiger partial charge in [-0.1, -0.05) is 30.7 Å². The van der Waals surface area contributed by atoms with Gasteiger partial charge in [0.1, 0.15) is 0 Å². The molecular weight excluding hydrogens is 254 g/mol. The number of carboxylic acids is 1. The molecule has 5 heteroatoms.